The van der Waals surface area contributed by atoms with Gasteiger partial charge in [-0.25, -0.2) is 0 Å². The summed E-state index contributed by atoms with van der Waals surface area (Å²) < 4.78 is 1.07. The molecule has 2 aliphatic rings. The molecule has 2 aromatic rings. The Morgan fingerprint density at radius 1 is 1.48 bits per heavy atom. The number of aliphatic hydroxyl groups excluding tert-OH is 1. The first-order chi connectivity index (χ1) is 13.0. The van der Waals surface area contributed by atoms with Gasteiger partial charge in [-0.1, -0.05) is 25.1 Å². The van der Waals surface area contributed by atoms with Gasteiger partial charge in [0.15, 0.2) is 0 Å². The molecule has 6 heteroatoms. The molecular formula is C21H26BrN3O2. The van der Waals surface area contributed by atoms with Crippen molar-refractivity contribution in [2.75, 3.05) is 19.7 Å². The first-order valence-corrected chi connectivity index (χ1v) is 10.5. The van der Waals surface area contributed by atoms with Crippen LogP contribution in [0.3, 0.4) is 0 Å². The van der Waals surface area contributed by atoms with E-state index in [1.807, 2.05) is 6.92 Å². The number of fused-ring (bicyclic) bond motifs is 2. The van der Waals surface area contributed by atoms with Crippen molar-refractivity contribution in [2.45, 2.75) is 38.8 Å². The van der Waals surface area contributed by atoms with Gasteiger partial charge in [-0.05, 0) is 65.0 Å². The van der Waals surface area contributed by atoms with E-state index in [9.17, 15) is 9.90 Å². The third-order valence-corrected chi connectivity index (χ3v) is 6.38. The van der Waals surface area contributed by atoms with E-state index in [1.54, 1.807) is 0 Å². The Balaban J connectivity index is 1.78. The number of hydrogen-bond donors (Lipinski definition) is 3. The fourth-order valence-electron chi connectivity index (χ4n) is 4.46. The fraction of sp³-hybridized carbons (Fsp3) is 0.476. The van der Waals surface area contributed by atoms with Crippen LogP contribution < -0.4 is 5.32 Å². The summed E-state index contributed by atoms with van der Waals surface area (Å²) in [7, 11) is 0. The first-order valence-electron chi connectivity index (χ1n) is 9.69. The van der Waals surface area contributed by atoms with Crippen LogP contribution in [0.25, 0.3) is 16.5 Å². The van der Waals surface area contributed by atoms with Crippen LogP contribution in [0.4, 0.5) is 0 Å². The summed E-state index contributed by atoms with van der Waals surface area (Å²) in [5, 5.41) is 13.5. The summed E-state index contributed by atoms with van der Waals surface area (Å²) in [6.07, 6.45) is 4.16. The Hall–Kier alpha value is -1.63. The molecule has 0 spiro atoms. The highest BCUT2D eigenvalue weighted by molar-refractivity contribution is 9.10. The zero-order chi connectivity index (χ0) is 19.1. The number of nitrogens with zero attached hydrogens (tertiary/aromatic N) is 1. The molecule has 0 saturated carbocycles. The molecule has 27 heavy (non-hydrogen) atoms. The summed E-state index contributed by atoms with van der Waals surface area (Å²) >= 11 is 3.70. The molecule has 2 heterocycles. The smallest absolute Gasteiger partial charge is 0.228 e. The molecule has 3 N–H and O–H groups in total. The summed E-state index contributed by atoms with van der Waals surface area (Å²) in [6.45, 7) is 5.65. The Kier molecular flexibility index (Phi) is 5.14. The van der Waals surface area contributed by atoms with Crippen molar-refractivity contribution >= 4 is 38.3 Å². The van der Waals surface area contributed by atoms with Crippen LogP contribution in [0.15, 0.2) is 28.9 Å². The van der Waals surface area contributed by atoms with Gasteiger partial charge in [-0.3, -0.25) is 9.69 Å². The second-order valence-corrected chi connectivity index (χ2v) is 8.47. The van der Waals surface area contributed by atoms with Gasteiger partial charge in [0.1, 0.15) is 0 Å². The minimum Gasteiger partial charge on any atom is -0.394 e. The quantitative estimate of drug-likeness (QED) is 0.681. The van der Waals surface area contributed by atoms with Crippen molar-refractivity contribution in [3.05, 3.63) is 40.0 Å². The van der Waals surface area contributed by atoms with Crippen LogP contribution in [-0.2, 0) is 11.2 Å². The molecule has 1 aromatic heterocycles. The number of nitrogens with one attached hydrogen (secondary N) is 2. The Bertz CT molecular complexity index is 904. The first kappa shape index (κ1) is 18.7. The minimum atomic E-state index is -0.227. The fourth-order valence-corrected chi connectivity index (χ4v) is 5.04. The summed E-state index contributed by atoms with van der Waals surface area (Å²) in [4.78, 5) is 18.7. The number of halogens is 1. The molecular weight excluding hydrogens is 406 g/mol. The van der Waals surface area contributed by atoms with E-state index in [0.717, 1.165) is 36.1 Å². The highest BCUT2D eigenvalue weighted by Gasteiger charge is 2.37. The summed E-state index contributed by atoms with van der Waals surface area (Å²) in [5.74, 6) is -0.201. The number of rotatable bonds is 5. The van der Waals surface area contributed by atoms with Crippen molar-refractivity contribution in [1.82, 2.24) is 15.2 Å². The molecule has 0 bridgehead atoms. The van der Waals surface area contributed by atoms with E-state index in [1.165, 1.54) is 22.1 Å². The van der Waals surface area contributed by atoms with E-state index < -0.39 is 0 Å². The molecule has 5 nitrogen and oxygen atoms in total. The third-order valence-electron chi connectivity index (χ3n) is 5.71. The minimum absolute atomic E-state index is 0.00294. The lowest BCUT2D eigenvalue weighted by Gasteiger charge is -2.41. The standard InChI is InChI=1S/C21H26BrN3O2/c1-3-7-25-10-13(21(27)23-12(2)11-26)8-15-14-5-4-6-17-19(14)16(9-18(15)25)20(22)24-17/h4-6,8,12-13,18,24,26H,3,7,9-11H2,1-2H3,(H,23,27)/t12-,13+,18+/m0/s1. The van der Waals surface area contributed by atoms with Crippen molar-refractivity contribution in [2.24, 2.45) is 5.92 Å². The van der Waals surface area contributed by atoms with Crippen LogP contribution in [0.5, 0.6) is 0 Å². The monoisotopic (exact) mass is 431 g/mol. The van der Waals surface area contributed by atoms with Gasteiger partial charge in [0.25, 0.3) is 0 Å². The van der Waals surface area contributed by atoms with E-state index in [4.69, 9.17) is 0 Å². The van der Waals surface area contributed by atoms with Crippen LogP contribution >= 0.6 is 15.9 Å². The van der Waals surface area contributed by atoms with Gasteiger partial charge in [0.05, 0.1) is 17.1 Å². The van der Waals surface area contributed by atoms with Crippen molar-refractivity contribution in [3.8, 4) is 0 Å². The summed E-state index contributed by atoms with van der Waals surface area (Å²) in [5.41, 5.74) is 4.96. The molecule has 0 unspecified atom stereocenters. The van der Waals surface area contributed by atoms with Crippen LogP contribution in [0, 0.1) is 5.92 Å². The average molecular weight is 432 g/mol. The maximum absolute atomic E-state index is 12.8. The van der Waals surface area contributed by atoms with Gasteiger partial charge in [0, 0.05) is 29.5 Å². The molecule has 0 saturated heterocycles. The van der Waals surface area contributed by atoms with Gasteiger partial charge < -0.3 is 15.4 Å². The molecule has 0 fully saturated rings. The molecule has 3 atom stereocenters. The molecule has 1 aliphatic heterocycles. The lowest BCUT2D eigenvalue weighted by atomic mass is 9.79. The Morgan fingerprint density at radius 2 is 2.30 bits per heavy atom. The Morgan fingerprint density at radius 3 is 3.04 bits per heavy atom. The van der Waals surface area contributed by atoms with Crippen LogP contribution in [-0.4, -0.2) is 52.7 Å². The van der Waals surface area contributed by atoms with Gasteiger partial charge >= 0.3 is 0 Å². The van der Waals surface area contributed by atoms with E-state index >= 15 is 0 Å². The zero-order valence-electron chi connectivity index (χ0n) is 15.8. The highest BCUT2D eigenvalue weighted by atomic mass is 79.9. The Labute approximate surface area is 167 Å². The van der Waals surface area contributed by atoms with Crippen LogP contribution in [0.2, 0.25) is 0 Å². The lowest BCUT2D eigenvalue weighted by Crippen LogP contribution is -2.50. The zero-order valence-corrected chi connectivity index (χ0v) is 17.3. The number of H-pyrrole nitrogens is 1. The number of hydrogen-bond acceptors (Lipinski definition) is 3. The number of benzene rings is 1. The molecule has 4 rings (SSSR count). The molecule has 0 radical (unpaired) electrons. The molecule has 144 valence electrons. The largest absolute Gasteiger partial charge is 0.394 e. The van der Waals surface area contributed by atoms with E-state index in [-0.39, 0.29) is 24.5 Å². The van der Waals surface area contributed by atoms with Crippen molar-refractivity contribution < 1.29 is 9.90 Å². The number of aromatic amines is 1. The maximum Gasteiger partial charge on any atom is 0.228 e. The van der Waals surface area contributed by atoms with Crippen molar-refractivity contribution in [1.29, 1.82) is 0 Å². The third kappa shape index (κ3) is 3.24. The van der Waals surface area contributed by atoms with Crippen LogP contribution in [0.1, 0.15) is 31.4 Å². The van der Waals surface area contributed by atoms with Gasteiger partial charge in [-0.15, -0.1) is 0 Å². The second-order valence-electron chi connectivity index (χ2n) is 7.68. The number of carbonyl (C=O) groups is 1. The SMILES string of the molecule is CCCN1C[C@H](C(=O)N[C@@H](C)CO)C=C2c3cccc4[nH]c(Br)c(c34)C[C@H]21. The number of amides is 1. The normalized spacial score (nSPS) is 23.0. The maximum atomic E-state index is 12.8. The molecule has 1 amide bonds. The predicted molar refractivity (Wildman–Crippen MR) is 112 cm³/mol. The average Bonchev–Trinajstić information content (AvgIpc) is 2.99. The molecule has 1 aromatic carbocycles. The lowest BCUT2D eigenvalue weighted by molar-refractivity contribution is -0.125. The number of aromatic nitrogens is 1. The number of aliphatic hydroxyl groups is 1. The van der Waals surface area contributed by atoms with E-state index in [0.29, 0.717) is 6.04 Å². The molecule has 1 aliphatic carbocycles. The van der Waals surface area contributed by atoms with Gasteiger partial charge in [0.2, 0.25) is 5.91 Å². The second kappa shape index (κ2) is 7.41. The van der Waals surface area contributed by atoms with Crippen molar-refractivity contribution in [3.63, 3.8) is 0 Å². The predicted octanol–water partition coefficient (Wildman–Crippen LogP) is 3.08. The highest BCUT2D eigenvalue weighted by Crippen LogP contribution is 2.43. The number of carbonyl (C=O) groups excluding carboxylic acids is 1. The topological polar surface area (TPSA) is 68.4 Å². The summed E-state index contributed by atoms with van der Waals surface area (Å²) in [6, 6.07) is 6.43. The van der Waals surface area contributed by atoms with Gasteiger partial charge in [-0.2, -0.15) is 0 Å². The van der Waals surface area contributed by atoms with E-state index in [2.05, 4.69) is 62.3 Å².